The third-order valence-electron chi connectivity index (χ3n) is 6.33. The molecule has 4 rings (SSSR count). The Hall–Kier alpha value is -3.07. The highest BCUT2D eigenvalue weighted by Gasteiger charge is 2.37. The van der Waals surface area contributed by atoms with Crippen LogP contribution in [0.2, 0.25) is 10.0 Å². The van der Waals surface area contributed by atoms with E-state index < -0.39 is 23.7 Å². The molecule has 3 aromatic carbocycles. The van der Waals surface area contributed by atoms with Crippen LogP contribution in [0, 0.1) is 5.92 Å². The number of methoxy groups -OCH3 is 1. The lowest BCUT2D eigenvalue weighted by Gasteiger charge is -2.36. The van der Waals surface area contributed by atoms with Crippen molar-refractivity contribution in [1.82, 2.24) is 10.2 Å². The largest absolute Gasteiger partial charge is 0.469 e. The fourth-order valence-electron chi connectivity index (χ4n) is 4.40. The second-order valence-corrected chi connectivity index (χ2v) is 10.6. The van der Waals surface area contributed by atoms with Crippen molar-refractivity contribution < 1.29 is 23.9 Å². The van der Waals surface area contributed by atoms with Crippen LogP contribution >= 0.6 is 39.1 Å². The number of esters is 1. The molecule has 0 saturated carbocycles. The van der Waals surface area contributed by atoms with E-state index in [1.807, 2.05) is 30.3 Å². The molecule has 3 aromatic rings. The maximum atomic E-state index is 13.1. The van der Waals surface area contributed by atoms with Gasteiger partial charge in [0.25, 0.3) is 0 Å². The summed E-state index contributed by atoms with van der Waals surface area (Å²) in [6.45, 7) is 0.491. The number of carbonyl (C=O) groups is 3. The predicted molar refractivity (Wildman–Crippen MR) is 148 cm³/mol. The molecular weight excluding hydrogens is 595 g/mol. The van der Waals surface area contributed by atoms with Gasteiger partial charge < -0.3 is 19.7 Å². The molecular formula is C28H25BrCl2N2O5. The van der Waals surface area contributed by atoms with Crippen LogP contribution in [0.4, 0.5) is 0 Å². The van der Waals surface area contributed by atoms with E-state index in [0.717, 1.165) is 10.0 Å². The Morgan fingerprint density at radius 1 is 1.00 bits per heavy atom. The molecule has 0 bridgehead atoms. The van der Waals surface area contributed by atoms with Crippen LogP contribution in [0.5, 0.6) is 11.5 Å². The first-order valence-electron chi connectivity index (χ1n) is 11.9. The van der Waals surface area contributed by atoms with Gasteiger partial charge in [-0.25, -0.2) is 0 Å². The molecule has 1 heterocycles. The zero-order chi connectivity index (χ0) is 27.2. The molecule has 0 aromatic heterocycles. The number of rotatable bonds is 6. The highest BCUT2D eigenvalue weighted by atomic mass is 79.9. The number of nitrogens with zero attached hydrogens (tertiary/aromatic N) is 1. The zero-order valence-corrected chi connectivity index (χ0v) is 23.6. The Balaban J connectivity index is 1.46. The standard InChI is InChI=1S/C28H25BrCl2N2O5/c1-37-28(36)20-11-19(17-5-3-2-4-6-17)15-33(16-20)27(35)26(34)32-14-18-7-8-21(29)12-25(18)38-22-9-10-23(30)24(31)13-22/h2-10,12-13,19-20H,11,14-16H2,1H3,(H,32,34). The number of piperidine rings is 1. The molecule has 1 aliphatic heterocycles. The summed E-state index contributed by atoms with van der Waals surface area (Å²) in [6, 6.07) is 19.9. The third-order valence-corrected chi connectivity index (χ3v) is 7.56. The highest BCUT2D eigenvalue weighted by molar-refractivity contribution is 9.10. The first-order chi connectivity index (χ1) is 18.2. The quantitative estimate of drug-likeness (QED) is 0.271. The van der Waals surface area contributed by atoms with Crippen molar-refractivity contribution in [2.24, 2.45) is 5.92 Å². The lowest BCUT2D eigenvalue weighted by Crippen LogP contribution is -2.50. The number of nitrogens with one attached hydrogen (secondary N) is 1. The summed E-state index contributed by atoms with van der Waals surface area (Å²) in [5, 5.41) is 3.44. The number of hydrogen-bond acceptors (Lipinski definition) is 5. The van der Waals surface area contributed by atoms with E-state index in [-0.39, 0.29) is 19.0 Å². The molecule has 1 N–H and O–H groups in total. The van der Waals surface area contributed by atoms with E-state index >= 15 is 0 Å². The van der Waals surface area contributed by atoms with Gasteiger partial charge in [-0.15, -0.1) is 0 Å². The Kier molecular flexibility index (Phi) is 9.31. The number of likely N-dealkylation sites (tertiary alicyclic amines) is 1. The molecule has 10 heteroatoms. The second kappa shape index (κ2) is 12.7. The molecule has 2 amide bonds. The summed E-state index contributed by atoms with van der Waals surface area (Å²) in [5.41, 5.74) is 1.65. The minimum Gasteiger partial charge on any atom is -0.469 e. The first-order valence-corrected chi connectivity index (χ1v) is 13.4. The van der Waals surface area contributed by atoms with Gasteiger partial charge in [-0.3, -0.25) is 14.4 Å². The van der Waals surface area contributed by atoms with E-state index in [0.29, 0.717) is 40.1 Å². The zero-order valence-electron chi connectivity index (χ0n) is 20.5. The fraction of sp³-hybridized carbons (Fsp3) is 0.250. The van der Waals surface area contributed by atoms with Crippen molar-refractivity contribution in [2.75, 3.05) is 20.2 Å². The molecule has 0 aliphatic carbocycles. The van der Waals surface area contributed by atoms with Gasteiger partial charge in [0.1, 0.15) is 11.5 Å². The maximum absolute atomic E-state index is 13.1. The minimum atomic E-state index is -0.772. The third kappa shape index (κ3) is 6.87. The molecule has 0 spiro atoms. The summed E-state index contributed by atoms with van der Waals surface area (Å²) < 4.78 is 11.7. The van der Waals surface area contributed by atoms with E-state index in [9.17, 15) is 14.4 Å². The smallest absolute Gasteiger partial charge is 0.311 e. The van der Waals surface area contributed by atoms with E-state index in [1.165, 1.54) is 12.0 Å². The molecule has 1 fully saturated rings. The highest BCUT2D eigenvalue weighted by Crippen LogP contribution is 2.33. The van der Waals surface area contributed by atoms with E-state index in [2.05, 4.69) is 21.2 Å². The van der Waals surface area contributed by atoms with E-state index in [1.54, 1.807) is 36.4 Å². The average molecular weight is 620 g/mol. The Morgan fingerprint density at radius 2 is 1.76 bits per heavy atom. The van der Waals surface area contributed by atoms with Gasteiger partial charge in [-0.1, -0.05) is 75.5 Å². The van der Waals surface area contributed by atoms with Crippen LogP contribution in [-0.4, -0.2) is 42.9 Å². The molecule has 1 saturated heterocycles. The molecule has 1 aliphatic rings. The number of ether oxygens (including phenoxy) is 2. The monoisotopic (exact) mass is 618 g/mol. The summed E-state index contributed by atoms with van der Waals surface area (Å²) in [4.78, 5) is 39.8. The number of carbonyl (C=O) groups excluding carboxylic acids is 3. The number of halogens is 3. The van der Waals surface area contributed by atoms with Crippen LogP contribution < -0.4 is 10.1 Å². The topological polar surface area (TPSA) is 84.9 Å². The fourth-order valence-corrected chi connectivity index (χ4v) is 5.03. The van der Waals surface area contributed by atoms with Crippen molar-refractivity contribution in [1.29, 1.82) is 0 Å². The molecule has 2 unspecified atom stereocenters. The first kappa shape index (κ1) is 28.0. The van der Waals surface area contributed by atoms with Gasteiger partial charge in [0.15, 0.2) is 0 Å². The number of amides is 2. The van der Waals surface area contributed by atoms with Crippen molar-refractivity contribution in [3.63, 3.8) is 0 Å². The number of hydrogen-bond donors (Lipinski definition) is 1. The summed E-state index contributed by atoms with van der Waals surface area (Å²) >= 11 is 15.5. The van der Waals surface area contributed by atoms with Crippen molar-refractivity contribution in [2.45, 2.75) is 18.9 Å². The van der Waals surface area contributed by atoms with Crippen LogP contribution in [-0.2, 0) is 25.7 Å². The average Bonchev–Trinajstić information content (AvgIpc) is 2.93. The van der Waals surface area contributed by atoms with Crippen LogP contribution in [0.3, 0.4) is 0 Å². The van der Waals surface area contributed by atoms with Crippen LogP contribution in [0.15, 0.2) is 71.2 Å². The summed E-state index contributed by atoms with van der Waals surface area (Å²) in [7, 11) is 1.32. The SMILES string of the molecule is COC(=O)C1CC(c2ccccc2)CN(C(=O)C(=O)NCc2ccc(Br)cc2Oc2ccc(Cl)c(Cl)c2)C1. The molecule has 0 radical (unpaired) electrons. The number of benzene rings is 3. The van der Waals surface area contributed by atoms with Gasteiger partial charge in [0.2, 0.25) is 0 Å². The van der Waals surface area contributed by atoms with Crippen LogP contribution in [0.1, 0.15) is 23.5 Å². The molecule has 38 heavy (non-hydrogen) atoms. The maximum Gasteiger partial charge on any atom is 0.311 e. The minimum absolute atomic E-state index is 0.0465. The van der Waals surface area contributed by atoms with Gasteiger partial charge >= 0.3 is 17.8 Å². The lowest BCUT2D eigenvalue weighted by molar-refractivity contribution is -0.153. The van der Waals surface area contributed by atoms with Crippen molar-refractivity contribution >= 4 is 56.9 Å². The van der Waals surface area contributed by atoms with E-state index in [4.69, 9.17) is 32.7 Å². The van der Waals surface area contributed by atoms with Crippen LogP contribution in [0.25, 0.3) is 0 Å². The molecule has 198 valence electrons. The Morgan fingerprint density at radius 3 is 2.47 bits per heavy atom. The second-order valence-electron chi connectivity index (χ2n) is 8.89. The van der Waals surface area contributed by atoms with Crippen molar-refractivity contribution in [3.8, 4) is 11.5 Å². The molecule has 2 atom stereocenters. The molecule has 7 nitrogen and oxygen atoms in total. The normalized spacial score (nSPS) is 17.0. The Bertz CT molecular complexity index is 1340. The van der Waals surface area contributed by atoms with Gasteiger partial charge in [0, 0.05) is 41.7 Å². The summed E-state index contributed by atoms with van der Waals surface area (Å²) in [6.07, 6.45) is 0.538. The summed E-state index contributed by atoms with van der Waals surface area (Å²) in [5.74, 6) is -1.55. The van der Waals surface area contributed by atoms with Crippen molar-refractivity contribution in [3.05, 3.63) is 92.4 Å². The van der Waals surface area contributed by atoms with Gasteiger partial charge in [0.05, 0.1) is 23.1 Å². The van der Waals surface area contributed by atoms with Gasteiger partial charge in [-0.2, -0.15) is 0 Å². The Labute approximate surface area is 239 Å². The van der Waals surface area contributed by atoms with Gasteiger partial charge in [-0.05, 0) is 36.2 Å². The predicted octanol–water partition coefficient (Wildman–Crippen LogP) is 5.97. The lowest BCUT2D eigenvalue weighted by atomic mass is 9.84.